The molecule has 24 heavy (non-hydrogen) atoms. The Labute approximate surface area is 140 Å². The minimum absolute atomic E-state index is 0.221. The van der Waals surface area contributed by atoms with E-state index in [9.17, 15) is 9.18 Å². The summed E-state index contributed by atoms with van der Waals surface area (Å²) >= 11 is 0. The molecule has 0 aliphatic carbocycles. The summed E-state index contributed by atoms with van der Waals surface area (Å²) in [5, 5.41) is 11.9. The molecule has 0 atom stereocenters. The van der Waals surface area contributed by atoms with Crippen molar-refractivity contribution < 1.29 is 14.3 Å². The molecule has 0 unspecified atom stereocenters. The second-order valence-electron chi connectivity index (χ2n) is 5.87. The first-order chi connectivity index (χ1) is 11.7. The third-order valence-corrected chi connectivity index (χ3v) is 4.17. The van der Waals surface area contributed by atoms with Gasteiger partial charge in [0.15, 0.2) is 0 Å². The summed E-state index contributed by atoms with van der Waals surface area (Å²) in [7, 11) is 0. The second kappa shape index (κ2) is 7.40. The number of anilines is 1. The summed E-state index contributed by atoms with van der Waals surface area (Å²) in [4.78, 5) is 18.7. The zero-order valence-corrected chi connectivity index (χ0v) is 13.3. The molecule has 0 saturated carbocycles. The topological polar surface area (TPSA) is 65.5 Å². The van der Waals surface area contributed by atoms with Crippen molar-refractivity contribution in [2.75, 3.05) is 18.0 Å². The van der Waals surface area contributed by atoms with Gasteiger partial charge in [0.2, 0.25) is 0 Å². The predicted octanol–water partition coefficient (Wildman–Crippen LogP) is 2.24. The molecular formula is C18H20FN3O2. The lowest BCUT2D eigenvalue weighted by atomic mass is 10.1. The number of hydrogen-bond acceptors (Lipinski definition) is 4. The van der Waals surface area contributed by atoms with Crippen LogP contribution in [0.1, 0.15) is 34.3 Å². The molecular weight excluding hydrogens is 309 g/mol. The fourth-order valence-corrected chi connectivity index (χ4v) is 2.80. The molecule has 5 nitrogen and oxygen atoms in total. The lowest BCUT2D eigenvalue weighted by molar-refractivity contribution is 0.0950. The summed E-state index contributed by atoms with van der Waals surface area (Å²) in [5.41, 5.74) is 1.44. The highest BCUT2D eigenvalue weighted by molar-refractivity contribution is 5.94. The lowest BCUT2D eigenvalue weighted by Gasteiger charge is -2.16. The van der Waals surface area contributed by atoms with Gasteiger partial charge in [-0.25, -0.2) is 9.37 Å². The van der Waals surface area contributed by atoms with E-state index in [1.165, 1.54) is 18.9 Å². The quantitative estimate of drug-likeness (QED) is 0.883. The molecule has 0 bridgehead atoms. The predicted molar refractivity (Wildman–Crippen MR) is 89.2 cm³/mol. The Bertz CT molecular complexity index is 713. The van der Waals surface area contributed by atoms with Crippen molar-refractivity contribution in [3.8, 4) is 0 Å². The lowest BCUT2D eigenvalue weighted by Crippen LogP contribution is -2.24. The monoisotopic (exact) mass is 329 g/mol. The Balaban J connectivity index is 1.60. The fraction of sp³-hybridized carbons (Fsp3) is 0.333. The van der Waals surface area contributed by atoms with Gasteiger partial charge in [-0.1, -0.05) is 6.07 Å². The van der Waals surface area contributed by atoms with Crippen LogP contribution in [0.15, 0.2) is 36.5 Å². The Hall–Kier alpha value is -2.47. The van der Waals surface area contributed by atoms with Gasteiger partial charge in [-0.05, 0) is 42.7 Å². The van der Waals surface area contributed by atoms with Gasteiger partial charge in [0.25, 0.3) is 5.91 Å². The third kappa shape index (κ3) is 3.71. The largest absolute Gasteiger partial charge is 0.392 e. The molecule has 2 heterocycles. The van der Waals surface area contributed by atoms with E-state index in [4.69, 9.17) is 5.11 Å². The average Bonchev–Trinajstić information content (AvgIpc) is 3.15. The molecule has 1 aromatic carbocycles. The molecule has 1 fully saturated rings. The number of aliphatic hydroxyl groups excluding tert-OH is 1. The average molecular weight is 329 g/mol. The molecule has 1 aliphatic heterocycles. The van der Waals surface area contributed by atoms with Crippen LogP contribution in [0.3, 0.4) is 0 Å². The van der Waals surface area contributed by atoms with Crippen LogP contribution in [0, 0.1) is 5.82 Å². The number of hydrogen-bond donors (Lipinski definition) is 2. The summed E-state index contributed by atoms with van der Waals surface area (Å²) in [6, 6.07) is 8.05. The number of carbonyl (C=O) groups is 1. The summed E-state index contributed by atoms with van der Waals surface area (Å²) in [6.45, 7) is 1.92. The number of benzene rings is 1. The maximum Gasteiger partial charge on any atom is 0.253 e. The van der Waals surface area contributed by atoms with Crippen molar-refractivity contribution in [2.24, 2.45) is 0 Å². The summed E-state index contributed by atoms with van der Waals surface area (Å²) in [5.74, 6) is 0.217. The Kier molecular flexibility index (Phi) is 5.05. The number of carbonyl (C=O) groups excluding carboxylic acids is 1. The number of nitrogens with zero attached hydrogens (tertiary/aromatic N) is 2. The van der Waals surface area contributed by atoms with Gasteiger partial charge in [-0.15, -0.1) is 0 Å². The van der Waals surface area contributed by atoms with Crippen molar-refractivity contribution in [3.63, 3.8) is 0 Å². The molecule has 1 aromatic heterocycles. The van der Waals surface area contributed by atoms with Crippen molar-refractivity contribution >= 4 is 11.7 Å². The number of pyridine rings is 1. The van der Waals surface area contributed by atoms with E-state index >= 15 is 0 Å². The first-order valence-corrected chi connectivity index (χ1v) is 8.05. The first kappa shape index (κ1) is 16.4. The number of halogens is 1. The number of aromatic nitrogens is 1. The van der Waals surface area contributed by atoms with Gasteiger partial charge < -0.3 is 15.3 Å². The molecule has 2 N–H and O–H groups in total. The molecule has 1 saturated heterocycles. The van der Waals surface area contributed by atoms with E-state index in [1.807, 2.05) is 6.07 Å². The Morgan fingerprint density at radius 2 is 2.04 bits per heavy atom. The molecule has 126 valence electrons. The summed E-state index contributed by atoms with van der Waals surface area (Å²) < 4.78 is 13.3. The second-order valence-corrected chi connectivity index (χ2v) is 5.87. The smallest absolute Gasteiger partial charge is 0.253 e. The van der Waals surface area contributed by atoms with Crippen molar-refractivity contribution in [1.29, 1.82) is 0 Å². The molecule has 0 spiro atoms. The zero-order valence-electron chi connectivity index (χ0n) is 13.3. The van der Waals surface area contributed by atoms with E-state index in [-0.39, 0.29) is 24.6 Å². The maximum atomic E-state index is 13.3. The van der Waals surface area contributed by atoms with Crippen LogP contribution in [-0.4, -0.2) is 29.1 Å². The number of nitrogens with one attached hydrogen (secondary N) is 1. The number of aliphatic hydroxyl groups is 1. The molecule has 2 aromatic rings. The van der Waals surface area contributed by atoms with Gasteiger partial charge in [0.1, 0.15) is 11.6 Å². The van der Waals surface area contributed by atoms with E-state index in [2.05, 4.69) is 15.2 Å². The van der Waals surface area contributed by atoms with Gasteiger partial charge in [0.05, 0.1) is 12.2 Å². The van der Waals surface area contributed by atoms with Crippen molar-refractivity contribution in [2.45, 2.75) is 26.0 Å². The van der Waals surface area contributed by atoms with Crippen LogP contribution in [0.2, 0.25) is 0 Å². The Morgan fingerprint density at radius 1 is 1.25 bits per heavy atom. The van der Waals surface area contributed by atoms with E-state index in [0.717, 1.165) is 24.5 Å². The van der Waals surface area contributed by atoms with Gasteiger partial charge in [0, 0.05) is 31.4 Å². The van der Waals surface area contributed by atoms with E-state index in [1.54, 1.807) is 24.4 Å². The minimum atomic E-state index is -0.450. The van der Waals surface area contributed by atoms with Gasteiger partial charge in [-0.2, -0.15) is 0 Å². The molecule has 1 aliphatic rings. The van der Waals surface area contributed by atoms with Crippen LogP contribution in [-0.2, 0) is 13.2 Å². The first-order valence-electron chi connectivity index (χ1n) is 8.05. The van der Waals surface area contributed by atoms with Crippen molar-refractivity contribution in [1.82, 2.24) is 10.3 Å². The van der Waals surface area contributed by atoms with Crippen molar-refractivity contribution in [3.05, 3.63) is 59.0 Å². The molecule has 0 radical (unpaired) electrons. The van der Waals surface area contributed by atoms with Gasteiger partial charge >= 0.3 is 0 Å². The maximum absolute atomic E-state index is 13.3. The molecule has 6 heteroatoms. The number of amides is 1. The molecule has 3 rings (SSSR count). The van der Waals surface area contributed by atoms with E-state index in [0.29, 0.717) is 5.56 Å². The third-order valence-electron chi connectivity index (χ3n) is 4.17. The van der Waals surface area contributed by atoms with Crippen LogP contribution in [0.4, 0.5) is 10.2 Å². The Morgan fingerprint density at radius 3 is 2.71 bits per heavy atom. The number of rotatable bonds is 5. The van der Waals surface area contributed by atoms with Crippen LogP contribution >= 0.6 is 0 Å². The normalized spacial score (nSPS) is 14.0. The highest BCUT2D eigenvalue weighted by Crippen LogP contribution is 2.17. The fourth-order valence-electron chi connectivity index (χ4n) is 2.80. The standard InChI is InChI=1S/C18H20FN3O2/c19-16-5-3-13(9-15(16)12-23)10-21-18(24)14-4-6-17(20-11-14)22-7-1-2-8-22/h3-6,9,11,23H,1-2,7-8,10,12H2,(H,21,24). The highest BCUT2D eigenvalue weighted by Gasteiger charge is 2.14. The highest BCUT2D eigenvalue weighted by atomic mass is 19.1. The summed E-state index contributed by atoms with van der Waals surface area (Å²) in [6.07, 6.45) is 3.93. The van der Waals surface area contributed by atoms with E-state index < -0.39 is 5.82 Å². The SMILES string of the molecule is O=C(NCc1ccc(F)c(CO)c1)c1ccc(N2CCCC2)nc1. The van der Waals surface area contributed by atoms with Crippen LogP contribution in [0.5, 0.6) is 0 Å². The van der Waals surface area contributed by atoms with Crippen LogP contribution in [0.25, 0.3) is 0 Å². The minimum Gasteiger partial charge on any atom is -0.392 e. The molecule has 1 amide bonds. The van der Waals surface area contributed by atoms with Crippen LogP contribution < -0.4 is 10.2 Å². The van der Waals surface area contributed by atoms with Gasteiger partial charge in [-0.3, -0.25) is 4.79 Å². The zero-order chi connectivity index (χ0) is 16.9.